The molecule has 3 aromatic carbocycles. The summed E-state index contributed by atoms with van der Waals surface area (Å²) >= 11 is 0. The molecule has 1 fully saturated rings. The summed E-state index contributed by atoms with van der Waals surface area (Å²) in [6.45, 7) is 0.325. The highest BCUT2D eigenvalue weighted by Gasteiger charge is 2.31. The predicted octanol–water partition coefficient (Wildman–Crippen LogP) is 6.12. The third kappa shape index (κ3) is 4.39. The number of hydrazine groups is 1. The minimum atomic E-state index is -1.05. The lowest BCUT2D eigenvalue weighted by atomic mass is 9.72. The fraction of sp³-hybridized carbons (Fsp3) is 0.172. The Bertz CT molecular complexity index is 1450. The van der Waals surface area contributed by atoms with E-state index in [9.17, 15) is 10.1 Å². The Morgan fingerprint density at radius 2 is 1.81 bits per heavy atom. The second-order valence-electron chi connectivity index (χ2n) is 8.95. The van der Waals surface area contributed by atoms with Gasteiger partial charge in [-0.1, -0.05) is 36.8 Å². The molecule has 0 amide bonds. The molecule has 3 N–H and O–H groups in total. The van der Waals surface area contributed by atoms with Gasteiger partial charge in [0.15, 0.2) is 0 Å². The van der Waals surface area contributed by atoms with Crippen molar-refractivity contribution in [1.29, 1.82) is 5.26 Å². The Kier molecular flexibility index (Phi) is 6.36. The summed E-state index contributed by atoms with van der Waals surface area (Å²) in [5, 5.41) is 18.1. The van der Waals surface area contributed by atoms with Gasteiger partial charge in [0, 0.05) is 29.3 Å². The van der Waals surface area contributed by atoms with Gasteiger partial charge in [-0.2, -0.15) is 5.26 Å². The molecule has 7 heteroatoms. The third-order valence-electron chi connectivity index (χ3n) is 6.79. The van der Waals surface area contributed by atoms with Gasteiger partial charge in [0.1, 0.15) is 11.6 Å². The van der Waals surface area contributed by atoms with E-state index in [1.54, 1.807) is 42.5 Å². The molecule has 0 atom stereocenters. The maximum atomic E-state index is 16.0. The van der Waals surface area contributed by atoms with E-state index in [-0.39, 0.29) is 17.3 Å². The standard InChI is InChI=1S/C29H23F2N3O2/c30-24-14-18(15-32)6-10-21(24)27(19-2-1-3-19)28(20-8-4-17(5-9-20)7-13-26(35)36)22-11-12-25-23(29(22)31)16-33-34-25/h4-14,19,33-34H,1-3,16H2,(H,35,36)/b13-7+,28-27+. The first-order valence-corrected chi connectivity index (χ1v) is 11.7. The van der Waals surface area contributed by atoms with E-state index in [1.165, 1.54) is 12.1 Å². The number of rotatable bonds is 6. The smallest absolute Gasteiger partial charge is 0.328 e. The number of carboxylic acid groups (broad SMARTS) is 1. The summed E-state index contributed by atoms with van der Waals surface area (Å²) in [6.07, 6.45) is 5.24. The van der Waals surface area contributed by atoms with E-state index in [0.717, 1.165) is 30.9 Å². The first kappa shape index (κ1) is 23.5. The fourth-order valence-electron chi connectivity index (χ4n) is 4.78. The quantitative estimate of drug-likeness (QED) is 0.290. The lowest BCUT2D eigenvalue weighted by Gasteiger charge is -2.32. The van der Waals surface area contributed by atoms with Gasteiger partial charge in [0.25, 0.3) is 0 Å². The molecule has 36 heavy (non-hydrogen) atoms. The van der Waals surface area contributed by atoms with E-state index in [4.69, 9.17) is 5.11 Å². The van der Waals surface area contributed by atoms with Crippen LogP contribution in [0.2, 0.25) is 0 Å². The third-order valence-corrected chi connectivity index (χ3v) is 6.79. The summed E-state index contributed by atoms with van der Waals surface area (Å²) in [5.74, 6) is -1.90. The van der Waals surface area contributed by atoms with Crippen LogP contribution < -0.4 is 10.9 Å². The molecule has 0 radical (unpaired) electrons. The molecule has 1 aliphatic carbocycles. The molecule has 2 aliphatic rings. The maximum absolute atomic E-state index is 16.0. The Hall–Kier alpha value is -4.28. The summed E-state index contributed by atoms with van der Waals surface area (Å²) in [4.78, 5) is 10.9. The minimum Gasteiger partial charge on any atom is -0.478 e. The van der Waals surface area contributed by atoms with Crippen molar-refractivity contribution in [2.45, 2.75) is 25.8 Å². The van der Waals surface area contributed by atoms with Gasteiger partial charge in [-0.3, -0.25) is 0 Å². The molecule has 1 heterocycles. The van der Waals surface area contributed by atoms with Crippen molar-refractivity contribution in [3.63, 3.8) is 0 Å². The van der Waals surface area contributed by atoms with Crippen LogP contribution in [-0.4, -0.2) is 11.1 Å². The predicted molar refractivity (Wildman–Crippen MR) is 134 cm³/mol. The van der Waals surface area contributed by atoms with Crippen LogP contribution in [0.5, 0.6) is 0 Å². The van der Waals surface area contributed by atoms with Crippen molar-refractivity contribution >= 4 is 28.9 Å². The number of benzene rings is 3. The topological polar surface area (TPSA) is 85.2 Å². The van der Waals surface area contributed by atoms with E-state index in [1.807, 2.05) is 12.1 Å². The van der Waals surface area contributed by atoms with Crippen molar-refractivity contribution in [2.24, 2.45) is 5.92 Å². The largest absolute Gasteiger partial charge is 0.478 e. The summed E-state index contributed by atoms with van der Waals surface area (Å²) in [6, 6.07) is 17.0. The average Bonchev–Trinajstić information content (AvgIpc) is 3.33. The fourth-order valence-corrected chi connectivity index (χ4v) is 4.78. The molecule has 1 saturated carbocycles. The van der Waals surface area contributed by atoms with Crippen LogP contribution in [0.25, 0.3) is 17.2 Å². The molecular formula is C29H23F2N3O2. The van der Waals surface area contributed by atoms with E-state index < -0.39 is 11.8 Å². The average molecular weight is 484 g/mol. The Labute approximate surface area is 207 Å². The zero-order valence-electron chi connectivity index (χ0n) is 19.3. The van der Waals surface area contributed by atoms with E-state index in [0.29, 0.717) is 45.6 Å². The number of nitrogens with zero attached hydrogens (tertiary/aromatic N) is 1. The number of nitriles is 1. The maximum Gasteiger partial charge on any atom is 0.328 e. The van der Waals surface area contributed by atoms with E-state index in [2.05, 4.69) is 10.9 Å². The van der Waals surface area contributed by atoms with Crippen molar-refractivity contribution in [3.8, 4) is 6.07 Å². The Morgan fingerprint density at radius 3 is 2.44 bits per heavy atom. The monoisotopic (exact) mass is 483 g/mol. The second kappa shape index (κ2) is 9.76. The van der Waals surface area contributed by atoms with Crippen molar-refractivity contribution < 1.29 is 18.7 Å². The van der Waals surface area contributed by atoms with Gasteiger partial charge in [0.2, 0.25) is 0 Å². The Balaban J connectivity index is 1.76. The number of hydrogen-bond donors (Lipinski definition) is 3. The van der Waals surface area contributed by atoms with Gasteiger partial charge in [0.05, 0.1) is 17.3 Å². The molecule has 0 saturated heterocycles. The Morgan fingerprint density at radius 1 is 1.06 bits per heavy atom. The number of anilines is 1. The highest BCUT2D eigenvalue weighted by Crippen LogP contribution is 2.47. The number of halogens is 2. The van der Waals surface area contributed by atoms with Gasteiger partial charge in [-0.05, 0) is 71.4 Å². The van der Waals surface area contributed by atoms with Crippen LogP contribution in [0.15, 0.2) is 60.7 Å². The van der Waals surface area contributed by atoms with Crippen LogP contribution >= 0.6 is 0 Å². The van der Waals surface area contributed by atoms with Crippen LogP contribution in [-0.2, 0) is 11.3 Å². The van der Waals surface area contributed by atoms with Crippen LogP contribution in [0, 0.1) is 28.9 Å². The number of aliphatic carboxylic acids is 1. The molecule has 5 rings (SSSR count). The van der Waals surface area contributed by atoms with Crippen molar-refractivity contribution in [1.82, 2.24) is 5.43 Å². The molecule has 0 aromatic heterocycles. The molecule has 1 aliphatic heterocycles. The van der Waals surface area contributed by atoms with Crippen LogP contribution in [0.3, 0.4) is 0 Å². The molecule has 3 aromatic rings. The van der Waals surface area contributed by atoms with Crippen molar-refractivity contribution in [2.75, 3.05) is 5.43 Å². The highest BCUT2D eigenvalue weighted by atomic mass is 19.1. The molecule has 180 valence electrons. The number of carbonyl (C=O) groups is 1. The van der Waals surface area contributed by atoms with Crippen molar-refractivity contribution in [3.05, 3.63) is 106 Å². The van der Waals surface area contributed by atoms with Gasteiger partial charge in [-0.15, -0.1) is 0 Å². The van der Waals surface area contributed by atoms with Crippen LogP contribution in [0.4, 0.5) is 14.5 Å². The number of hydrogen-bond acceptors (Lipinski definition) is 4. The molecule has 0 bridgehead atoms. The molecule has 0 spiro atoms. The first-order chi connectivity index (χ1) is 17.5. The normalized spacial score (nSPS) is 15.6. The van der Waals surface area contributed by atoms with Gasteiger partial charge < -0.3 is 10.5 Å². The number of carboxylic acids is 1. The van der Waals surface area contributed by atoms with Gasteiger partial charge in [-0.25, -0.2) is 19.0 Å². The molecular weight excluding hydrogens is 460 g/mol. The summed E-state index contributed by atoms with van der Waals surface area (Å²) in [7, 11) is 0. The zero-order valence-corrected chi connectivity index (χ0v) is 19.3. The molecule has 5 nitrogen and oxygen atoms in total. The molecule has 0 unspecified atom stereocenters. The van der Waals surface area contributed by atoms with E-state index >= 15 is 8.78 Å². The first-order valence-electron chi connectivity index (χ1n) is 11.7. The van der Waals surface area contributed by atoms with Crippen LogP contribution in [0.1, 0.15) is 52.6 Å². The SMILES string of the molecule is N#Cc1ccc(/C(=C(\c2ccc(/C=C/C(=O)O)cc2)c2ccc3c(c2F)CNN3)C2CCC2)c(F)c1. The summed E-state index contributed by atoms with van der Waals surface area (Å²) < 4.78 is 31.3. The lowest BCUT2D eigenvalue weighted by molar-refractivity contribution is -0.131. The van der Waals surface area contributed by atoms with Gasteiger partial charge >= 0.3 is 5.97 Å². The zero-order chi connectivity index (χ0) is 25.2. The number of nitrogens with one attached hydrogen (secondary N) is 2. The second-order valence-corrected chi connectivity index (χ2v) is 8.95. The summed E-state index contributed by atoms with van der Waals surface area (Å²) in [5.41, 5.74) is 10.7. The highest BCUT2D eigenvalue weighted by molar-refractivity contribution is 6.00. The number of allylic oxidation sites excluding steroid dienone is 1. The number of fused-ring (bicyclic) bond motifs is 1. The minimum absolute atomic E-state index is 0.0397. The lowest BCUT2D eigenvalue weighted by Crippen LogP contribution is -2.16.